The van der Waals surface area contributed by atoms with E-state index in [0.717, 1.165) is 4.47 Å². The highest BCUT2D eigenvalue weighted by atomic mass is 79.9. The van der Waals surface area contributed by atoms with Crippen LogP contribution in [-0.4, -0.2) is 23.0 Å². The number of halogens is 2. The summed E-state index contributed by atoms with van der Waals surface area (Å²) in [5.41, 5.74) is 0.774. The lowest BCUT2D eigenvalue weighted by molar-refractivity contribution is 0.102. The Balaban J connectivity index is 2.18. The van der Waals surface area contributed by atoms with E-state index < -0.39 is 0 Å². The molecule has 1 heterocycles. The van der Waals surface area contributed by atoms with Crippen molar-refractivity contribution in [1.82, 2.24) is 9.97 Å². The Kier molecular flexibility index (Phi) is 4.34. The number of ether oxygens (including phenoxy) is 1. The zero-order chi connectivity index (χ0) is 13.8. The van der Waals surface area contributed by atoms with Gasteiger partial charge in [-0.1, -0.05) is 27.5 Å². The molecule has 0 spiro atoms. The standard InChI is InChI=1S/C12H9BrClN3O2/c1-19-9-3-7(13)2-8(4-9)17-12(18)10-5-16-11(14)6-15-10/h2-6H,1H3,(H,17,18). The molecule has 0 aliphatic rings. The van der Waals surface area contributed by atoms with Gasteiger partial charge in [-0.25, -0.2) is 9.97 Å². The van der Waals surface area contributed by atoms with Crippen LogP contribution in [0, 0.1) is 0 Å². The van der Waals surface area contributed by atoms with E-state index in [1.165, 1.54) is 12.4 Å². The van der Waals surface area contributed by atoms with E-state index >= 15 is 0 Å². The zero-order valence-electron chi connectivity index (χ0n) is 9.85. The minimum atomic E-state index is -0.371. The molecule has 0 bridgehead atoms. The van der Waals surface area contributed by atoms with Gasteiger partial charge in [-0.15, -0.1) is 0 Å². The summed E-state index contributed by atoms with van der Waals surface area (Å²) in [6.07, 6.45) is 2.63. The molecular weight excluding hydrogens is 334 g/mol. The molecule has 2 rings (SSSR count). The number of hydrogen-bond donors (Lipinski definition) is 1. The minimum absolute atomic E-state index is 0.184. The first-order chi connectivity index (χ1) is 9.08. The molecule has 0 aliphatic carbocycles. The predicted molar refractivity (Wildman–Crippen MR) is 75.7 cm³/mol. The first-order valence-corrected chi connectivity index (χ1v) is 6.39. The summed E-state index contributed by atoms with van der Waals surface area (Å²) in [7, 11) is 1.55. The zero-order valence-corrected chi connectivity index (χ0v) is 12.2. The van der Waals surface area contributed by atoms with Crippen LogP contribution in [0.25, 0.3) is 0 Å². The van der Waals surface area contributed by atoms with Gasteiger partial charge in [-0.3, -0.25) is 4.79 Å². The fourth-order valence-electron chi connectivity index (χ4n) is 1.38. The van der Waals surface area contributed by atoms with Crippen LogP contribution >= 0.6 is 27.5 Å². The van der Waals surface area contributed by atoms with E-state index in [0.29, 0.717) is 11.4 Å². The Bertz CT molecular complexity index is 604. The molecule has 0 atom stereocenters. The molecule has 0 saturated heterocycles. The Morgan fingerprint density at radius 2 is 2.11 bits per heavy atom. The number of carbonyl (C=O) groups is 1. The lowest BCUT2D eigenvalue weighted by Crippen LogP contribution is -2.14. The van der Waals surface area contributed by atoms with Crippen molar-refractivity contribution in [2.75, 3.05) is 12.4 Å². The second-order valence-corrected chi connectivity index (χ2v) is 4.86. The maximum absolute atomic E-state index is 11.9. The molecule has 1 aromatic carbocycles. The van der Waals surface area contributed by atoms with Gasteiger partial charge in [0, 0.05) is 16.2 Å². The smallest absolute Gasteiger partial charge is 0.275 e. The molecule has 7 heteroatoms. The van der Waals surface area contributed by atoms with Crippen LogP contribution in [0.4, 0.5) is 5.69 Å². The number of methoxy groups -OCH3 is 1. The molecule has 1 N–H and O–H groups in total. The highest BCUT2D eigenvalue weighted by molar-refractivity contribution is 9.10. The maximum atomic E-state index is 11.9. The second-order valence-electron chi connectivity index (χ2n) is 3.56. The van der Waals surface area contributed by atoms with Gasteiger partial charge in [-0.2, -0.15) is 0 Å². The third-order valence-corrected chi connectivity index (χ3v) is 2.87. The normalized spacial score (nSPS) is 10.1. The summed E-state index contributed by atoms with van der Waals surface area (Å²) in [5, 5.41) is 2.94. The van der Waals surface area contributed by atoms with Gasteiger partial charge in [0.15, 0.2) is 0 Å². The third-order valence-electron chi connectivity index (χ3n) is 2.22. The van der Waals surface area contributed by atoms with E-state index in [4.69, 9.17) is 16.3 Å². The van der Waals surface area contributed by atoms with Crippen LogP contribution in [0.1, 0.15) is 10.5 Å². The summed E-state index contributed by atoms with van der Waals surface area (Å²) in [5.74, 6) is 0.260. The fourth-order valence-corrected chi connectivity index (χ4v) is 1.95. The summed E-state index contributed by atoms with van der Waals surface area (Å²) < 4.78 is 5.91. The molecule has 0 fully saturated rings. The summed E-state index contributed by atoms with van der Waals surface area (Å²) in [6.45, 7) is 0. The van der Waals surface area contributed by atoms with E-state index in [1.54, 1.807) is 25.3 Å². The lowest BCUT2D eigenvalue weighted by atomic mass is 10.3. The van der Waals surface area contributed by atoms with Gasteiger partial charge >= 0.3 is 0 Å². The highest BCUT2D eigenvalue weighted by Crippen LogP contribution is 2.24. The number of rotatable bonds is 3. The van der Waals surface area contributed by atoms with Crippen molar-refractivity contribution in [3.05, 3.63) is 45.9 Å². The van der Waals surface area contributed by atoms with Gasteiger partial charge in [0.25, 0.3) is 5.91 Å². The van der Waals surface area contributed by atoms with Crippen molar-refractivity contribution in [3.8, 4) is 5.75 Å². The highest BCUT2D eigenvalue weighted by Gasteiger charge is 2.09. The number of anilines is 1. The first-order valence-electron chi connectivity index (χ1n) is 5.22. The van der Waals surface area contributed by atoms with Crippen molar-refractivity contribution in [2.45, 2.75) is 0 Å². The van der Waals surface area contributed by atoms with Crippen molar-refractivity contribution in [2.24, 2.45) is 0 Å². The predicted octanol–water partition coefficient (Wildman–Crippen LogP) is 3.15. The molecule has 0 aliphatic heterocycles. The second kappa shape index (κ2) is 5.99. The van der Waals surface area contributed by atoms with E-state index in [1.807, 2.05) is 0 Å². The van der Waals surface area contributed by atoms with Crippen LogP contribution < -0.4 is 10.1 Å². The quantitative estimate of drug-likeness (QED) is 0.930. The molecule has 98 valence electrons. The van der Waals surface area contributed by atoms with E-state index in [9.17, 15) is 4.79 Å². The average molecular weight is 343 g/mol. The van der Waals surface area contributed by atoms with Crippen molar-refractivity contribution >= 4 is 39.1 Å². The Morgan fingerprint density at radius 1 is 1.32 bits per heavy atom. The Morgan fingerprint density at radius 3 is 2.74 bits per heavy atom. The Hall–Kier alpha value is -1.66. The molecule has 0 saturated carbocycles. The van der Waals surface area contributed by atoms with Gasteiger partial charge in [0.1, 0.15) is 16.6 Å². The van der Waals surface area contributed by atoms with Crippen LogP contribution in [-0.2, 0) is 0 Å². The molecule has 1 aromatic heterocycles. The van der Waals surface area contributed by atoms with Crippen LogP contribution in [0.3, 0.4) is 0 Å². The van der Waals surface area contributed by atoms with Crippen molar-refractivity contribution in [3.63, 3.8) is 0 Å². The SMILES string of the molecule is COc1cc(Br)cc(NC(=O)c2cnc(Cl)cn2)c1. The molecule has 5 nitrogen and oxygen atoms in total. The van der Waals surface area contributed by atoms with Gasteiger partial charge < -0.3 is 10.1 Å². The average Bonchev–Trinajstić information content (AvgIpc) is 2.38. The summed E-state index contributed by atoms with van der Waals surface area (Å²) in [6, 6.07) is 5.24. The minimum Gasteiger partial charge on any atom is -0.497 e. The van der Waals surface area contributed by atoms with Crippen LogP contribution in [0.5, 0.6) is 5.75 Å². The number of nitrogens with one attached hydrogen (secondary N) is 1. The number of benzene rings is 1. The monoisotopic (exact) mass is 341 g/mol. The van der Waals surface area contributed by atoms with Crippen LogP contribution in [0.2, 0.25) is 5.15 Å². The van der Waals surface area contributed by atoms with Gasteiger partial charge in [-0.05, 0) is 12.1 Å². The van der Waals surface area contributed by atoms with E-state index in [-0.39, 0.29) is 16.8 Å². The van der Waals surface area contributed by atoms with Gasteiger partial charge in [0.05, 0.1) is 19.5 Å². The first kappa shape index (κ1) is 13.8. The molecule has 19 heavy (non-hydrogen) atoms. The largest absolute Gasteiger partial charge is 0.497 e. The van der Waals surface area contributed by atoms with Crippen LogP contribution in [0.15, 0.2) is 35.1 Å². The molecule has 0 radical (unpaired) electrons. The number of nitrogens with zero attached hydrogens (tertiary/aromatic N) is 2. The molecule has 0 unspecified atom stereocenters. The van der Waals surface area contributed by atoms with Crippen molar-refractivity contribution in [1.29, 1.82) is 0 Å². The van der Waals surface area contributed by atoms with E-state index in [2.05, 4.69) is 31.2 Å². The number of carbonyl (C=O) groups excluding carboxylic acids is 1. The number of amides is 1. The maximum Gasteiger partial charge on any atom is 0.275 e. The lowest BCUT2D eigenvalue weighted by Gasteiger charge is -2.07. The Labute approximate surface area is 123 Å². The molecule has 1 amide bonds. The summed E-state index contributed by atoms with van der Waals surface area (Å²) in [4.78, 5) is 19.6. The number of hydrogen-bond acceptors (Lipinski definition) is 4. The summed E-state index contributed by atoms with van der Waals surface area (Å²) >= 11 is 8.94. The topological polar surface area (TPSA) is 64.1 Å². The van der Waals surface area contributed by atoms with Crippen molar-refractivity contribution < 1.29 is 9.53 Å². The third kappa shape index (κ3) is 3.65. The fraction of sp³-hybridized carbons (Fsp3) is 0.0833. The molecular formula is C12H9BrClN3O2. The molecule has 2 aromatic rings. The van der Waals surface area contributed by atoms with Gasteiger partial charge in [0.2, 0.25) is 0 Å². The number of aromatic nitrogens is 2.